The van der Waals surface area contributed by atoms with Crippen LogP contribution in [0.25, 0.3) is 11.3 Å². The van der Waals surface area contributed by atoms with E-state index in [2.05, 4.69) is 15.5 Å². The summed E-state index contributed by atoms with van der Waals surface area (Å²) in [5.74, 6) is 0.107. The van der Waals surface area contributed by atoms with Crippen molar-refractivity contribution in [2.24, 2.45) is 22.2 Å². The standard InChI is InChI=1S/C14H16N6O/c15-12-7-13(16)19-14(17,18-12)8-10-6-11(20-21-10)9-4-2-1-3-5-9/h1-7,18H,8,15,17H2,(H2,16,19). The predicted molar refractivity (Wildman–Crippen MR) is 79.6 cm³/mol. The van der Waals surface area contributed by atoms with Crippen LogP contribution in [0.15, 0.2) is 57.8 Å². The molecule has 0 bridgehead atoms. The normalized spacial score (nSPS) is 21.4. The number of hydrogen-bond acceptors (Lipinski definition) is 7. The third kappa shape index (κ3) is 2.87. The zero-order chi connectivity index (χ0) is 14.9. The summed E-state index contributed by atoms with van der Waals surface area (Å²) in [6.45, 7) is 0. The fourth-order valence-electron chi connectivity index (χ4n) is 2.23. The molecule has 1 aromatic heterocycles. The molecule has 0 fully saturated rings. The molecule has 3 rings (SSSR count). The molecule has 0 radical (unpaired) electrons. The fourth-order valence-corrected chi connectivity index (χ4v) is 2.23. The number of rotatable bonds is 3. The molecule has 1 atom stereocenters. The maximum Gasteiger partial charge on any atom is 0.192 e. The average molecular weight is 284 g/mol. The second-order valence-electron chi connectivity index (χ2n) is 4.91. The Bertz CT molecular complexity index is 705. The van der Waals surface area contributed by atoms with Crippen LogP contribution in [0.2, 0.25) is 0 Å². The second-order valence-corrected chi connectivity index (χ2v) is 4.91. The summed E-state index contributed by atoms with van der Waals surface area (Å²) in [4.78, 5) is 4.16. The van der Waals surface area contributed by atoms with E-state index in [0.717, 1.165) is 11.3 Å². The maximum absolute atomic E-state index is 6.13. The second kappa shape index (κ2) is 4.95. The Balaban J connectivity index is 1.81. The summed E-state index contributed by atoms with van der Waals surface area (Å²) < 4.78 is 5.32. The van der Waals surface area contributed by atoms with Crippen LogP contribution in [0.3, 0.4) is 0 Å². The Morgan fingerprint density at radius 2 is 1.95 bits per heavy atom. The summed E-state index contributed by atoms with van der Waals surface area (Å²) in [5.41, 5.74) is 19.2. The lowest BCUT2D eigenvalue weighted by Crippen LogP contribution is -2.57. The van der Waals surface area contributed by atoms with Gasteiger partial charge in [0.25, 0.3) is 0 Å². The van der Waals surface area contributed by atoms with Gasteiger partial charge in [-0.1, -0.05) is 35.5 Å². The Morgan fingerprint density at radius 1 is 1.19 bits per heavy atom. The molecule has 1 aliphatic heterocycles. The topological polar surface area (TPSA) is 128 Å². The van der Waals surface area contributed by atoms with E-state index in [4.69, 9.17) is 21.7 Å². The molecule has 0 saturated heterocycles. The quantitative estimate of drug-likeness (QED) is 0.640. The molecule has 1 aliphatic rings. The van der Waals surface area contributed by atoms with Crippen molar-refractivity contribution in [3.05, 3.63) is 54.1 Å². The maximum atomic E-state index is 6.13. The number of benzene rings is 1. The van der Waals surface area contributed by atoms with Crippen molar-refractivity contribution >= 4 is 5.84 Å². The molecule has 0 amide bonds. The monoisotopic (exact) mass is 284 g/mol. The first-order valence-corrected chi connectivity index (χ1v) is 6.45. The lowest BCUT2D eigenvalue weighted by atomic mass is 10.1. The summed E-state index contributed by atoms with van der Waals surface area (Å²) in [7, 11) is 0. The Hall–Kier alpha value is -2.80. The molecule has 2 heterocycles. The first-order valence-electron chi connectivity index (χ1n) is 6.45. The molecular weight excluding hydrogens is 268 g/mol. The molecule has 0 aliphatic carbocycles. The zero-order valence-corrected chi connectivity index (χ0v) is 11.3. The molecule has 0 saturated carbocycles. The highest BCUT2D eigenvalue weighted by atomic mass is 16.5. The number of nitrogens with one attached hydrogen (secondary N) is 1. The van der Waals surface area contributed by atoms with Crippen molar-refractivity contribution in [3.8, 4) is 11.3 Å². The highest BCUT2D eigenvalue weighted by Gasteiger charge is 2.29. The van der Waals surface area contributed by atoms with Gasteiger partial charge in [-0.2, -0.15) is 0 Å². The molecule has 2 aromatic rings. The van der Waals surface area contributed by atoms with E-state index in [-0.39, 0.29) is 12.3 Å². The Morgan fingerprint density at radius 3 is 2.67 bits per heavy atom. The lowest BCUT2D eigenvalue weighted by molar-refractivity contribution is 0.312. The first kappa shape index (κ1) is 13.2. The number of nitrogens with zero attached hydrogens (tertiary/aromatic N) is 2. The van der Waals surface area contributed by atoms with E-state index < -0.39 is 5.79 Å². The van der Waals surface area contributed by atoms with E-state index in [1.807, 2.05) is 36.4 Å². The summed E-state index contributed by atoms with van der Waals surface area (Å²) >= 11 is 0. The Labute approximate surface area is 121 Å². The fraction of sp³-hybridized carbons (Fsp3) is 0.143. The van der Waals surface area contributed by atoms with Crippen molar-refractivity contribution < 1.29 is 4.52 Å². The number of amidine groups is 1. The molecular formula is C14H16N6O. The van der Waals surface area contributed by atoms with E-state index in [1.165, 1.54) is 6.08 Å². The molecule has 7 nitrogen and oxygen atoms in total. The van der Waals surface area contributed by atoms with Crippen molar-refractivity contribution in [2.45, 2.75) is 12.2 Å². The lowest BCUT2D eigenvalue weighted by Gasteiger charge is -2.29. The van der Waals surface area contributed by atoms with Gasteiger partial charge in [0.15, 0.2) is 5.79 Å². The molecule has 1 unspecified atom stereocenters. The minimum Gasteiger partial charge on any atom is -0.385 e. The number of hydrogen-bond donors (Lipinski definition) is 4. The van der Waals surface area contributed by atoms with Gasteiger partial charge in [0.2, 0.25) is 0 Å². The van der Waals surface area contributed by atoms with Crippen LogP contribution in [0.4, 0.5) is 0 Å². The van der Waals surface area contributed by atoms with Gasteiger partial charge < -0.3 is 21.3 Å². The smallest absolute Gasteiger partial charge is 0.192 e. The van der Waals surface area contributed by atoms with Crippen LogP contribution < -0.4 is 22.5 Å². The van der Waals surface area contributed by atoms with E-state index in [1.54, 1.807) is 0 Å². The molecule has 108 valence electrons. The van der Waals surface area contributed by atoms with Gasteiger partial charge in [0, 0.05) is 17.7 Å². The first-order chi connectivity index (χ1) is 10.0. The number of nitrogens with two attached hydrogens (primary N) is 3. The molecule has 7 heteroatoms. The molecule has 0 spiro atoms. The Kier molecular flexibility index (Phi) is 3.11. The van der Waals surface area contributed by atoms with Gasteiger partial charge in [0.05, 0.1) is 6.42 Å². The number of aromatic nitrogens is 1. The van der Waals surface area contributed by atoms with Crippen LogP contribution >= 0.6 is 0 Å². The summed E-state index contributed by atoms with van der Waals surface area (Å²) in [5, 5.41) is 6.92. The number of aliphatic imine (C=N–C) groups is 1. The molecule has 21 heavy (non-hydrogen) atoms. The van der Waals surface area contributed by atoms with E-state index in [0.29, 0.717) is 11.6 Å². The van der Waals surface area contributed by atoms with Crippen LogP contribution in [0, 0.1) is 0 Å². The van der Waals surface area contributed by atoms with Crippen molar-refractivity contribution in [2.75, 3.05) is 0 Å². The van der Waals surface area contributed by atoms with Crippen molar-refractivity contribution in [3.63, 3.8) is 0 Å². The predicted octanol–water partition coefficient (Wildman–Crippen LogP) is 0.257. The minimum absolute atomic E-state index is 0.275. The minimum atomic E-state index is -1.13. The van der Waals surface area contributed by atoms with Gasteiger partial charge >= 0.3 is 0 Å². The summed E-state index contributed by atoms with van der Waals surface area (Å²) in [6, 6.07) is 11.6. The SMILES string of the molecule is NC1=CC(N)=NC(N)(Cc2cc(-c3ccccc3)no2)N1. The molecule has 1 aromatic carbocycles. The van der Waals surface area contributed by atoms with Crippen LogP contribution in [-0.4, -0.2) is 16.8 Å². The molecule has 7 N–H and O–H groups in total. The van der Waals surface area contributed by atoms with Crippen LogP contribution in [0.1, 0.15) is 5.76 Å². The van der Waals surface area contributed by atoms with Gasteiger partial charge in [-0.15, -0.1) is 0 Å². The van der Waals surface area contributed by atoms with Crippen LogP contribution in [-0.2, 0) is 6.42 Å². The van der Waals surface area contributed by atoms with Gasteiger partial charge in [-0.25, -0.2) is 4.99 Å². The highest BCUT2D eigenvalue weighted by Crippen LogP contribution is 2.21. The highest BCUT2D eigenvalue weighted by molar-refractivity contribution is 5.92. The van der Waals surface area contributed by atoms with Gasteiger partial charge in [-0.3, -0.25) is 5.73 Å². The van der Waals surface area contributed by atoms with E-state index >= 15 is 0 Å². The third-order valence-corrected chi connectivity index (χ3v) is 3.07. The van der Waals surface area contributed by atoms with Crippen molar-refractivity contribution in [1.82, 2.24) is 10.5 Å². The zero-order valence-electron chi connectivity index (χ0n) is 11.3. The van der Waals surface area contributed by atoms with Gasteiger partial charge in [0.1, 0.15) is 23.1 Å². The van der Waals surface area contributed by atoms with Crippen LogP contribution in [0.5, 0.6) is 0 Å². The largest absolute Gasteiger partial charge is 0.385 e. The third-order valence-electron chi connectivity index (χ3n) is 3.07. The van der Waals surface area contributed by atoms with Gasteiger partial charge in [-0.05, 0) is 0 Å². The average Bonchev–Trinajstić information content (AvgIpc) is 2.85. The van der Waals surface area contributed by atoms with Crippen molar-refractivity contribution in [1.29, 1.82) is 0 Å². The van der Waals surface area contributed by atoms with E-state index in [9.17, 15) is 0 Å². The summed E-state index contributed by atoms with van der Waals surface area (Å²) in [6.07, 6.45) is 1.79.